The van der Waals surface area contributed by atoms with E-state index in [0.717, 1.165) is 78.1 Å². The highest BCUT2D eigenvalue weighted by Crippen LogP contribution is 2.66. The SMILES string of the molecule is CC1C(C)N(c2c(-c3ccccc3)cc(-c3ccccc3)cc2-c2ccccc2)P(O)(=S)N1c1c(-c2ccccc2)cc(-c2ccccc2)cc1-c1ccccc1. The zero-order valence-corrected chi connectivity index (χ0v) is 33.7. The second kappa shape index (κ2) is 15.5. The fourth-order valence-corrected chi connectivity index (χ4v) is 12.2. The molecule has 8 aromatic carbocycles. The Morgan fingerprint density at radius 1 is 0.351 bits per heavy atom. The Balaban J connectivity index is 1.34. The number of hydrogen-bond acceptors (Lipinski definition) is 1. The molecule has 5 heteroatoms. The molecule has 3 nitrogen and oxygen atoms in total. The van der Waals surface area contributed by atoms with Crippen LogP contribution < -0.4 is 9.34 Å². The summed E-state index contributed by atoms with van der Waals surface area (Å²) in [6.07, 6.45) is 0. The number of rotatable bonds is 8. The summed E-state index contributed by atoms with van der Waals surface area (Å²) >= 11 is 6.78. The normalized spacial score (nSPS) is 17.8. The van der Waals surface area contributed by atoms with Crippen molar-refractivity contribution in [3.63, 3.8) is 0 Å². The first-order valence-corrected chi connectivity index (χ1v) is 22.2. The van der Waals surface area contributed by atoms with Crippen LogP contribution in [0.4, 0.5) is 11.4 Å². The molecule has 0 bridgehead atoms. The van der Waals surface area contributed by atoms with Gasteiger partial charge in [0.1, 0.15) is 0 Å². The quantitative estimate of drug-likeness (QED) is 0.156. The van der Waals surface area contributed by atoms with Crippen LogP contribution in [0.15, 0.2) is 206 Å². The Bertz CT molecular complexity index is 2390. The van der Waals surface area contributed by atoms with Crippen LogP contribution >= 0.6 is 6.57 Å². The molecule has 0 spiro atoms. The summed E-state index contributed by atoms with van der Waals surface area (Å²) in [5.41, 5.74) is 14.8. The van der Waals surface area contributed by atoms with Crippen LogP contribution in [0.5, 0.6) is 0 Å². The van der Waals surface area contributed by atoms with Crippen LogP contribution in [0.3, 0.4) is 0 Å². The molecule has 1 fully saturated rings. The summed E-state index contributed by atoms with van der Waals surface area (Å²) in [4.78, 5) is 13.6. The molecular weight excluding hydrogens is 732 g/mol. The van der Waals surface area contributed by atoms with Crippen molar-refractivity contribution < 1.29 is 4.89 Å². The lowest BCUT2D eigenvalue weighted by atomic mass is 9.90. The maximum atomic E-state index is 13.6. The lowest BCUT2D eigenvalue weighted by Gasteiger charge is -2.37. The average Bonchev–Trinajstić information content (AvgIpc) is 3.45. The molecule has 8 aromatic rings. The Morgan fingerprint density at radius 3 is 0.789 bits per heavy atom. The van der Waals surface area contributed by atoms with Gasteiger partial charge in [-0.05, 0) is 94.4 Å². The van der Waals surface area contributed by atoms with Gasteiger partial charge in [-0.2, -0.15) is 0 Å². The van der Waals surface area contributed by atoms with E-state index in [2.05, 4.69) is 229 Å². The van der Waals surface area contributed by atoms with E-state index in [1.807, 2.05) is 0 Å². The van der Waals surface area contributed by atoms with Crippen LogP contribution in [0.2, 0.25) is 0 Å². The minimum absolute atomic E-state index is 0.158. The van der Waals surface area contributed by atoms with Gasteiger partial charge in [-0.1, -0.05) is 182 Å². The van der Waals surface area contributed by atoms with Crippen molar-refractivity contribution in [2.24, 2.45) is 0 Å². The summed E-state index contributed by atoms with van der Waals surface area (Å²) in [6.45, 7) is 0.860. The fraction of sp³-hybridized carbons (Fsp3) is 0.0769. The van der Waals surface area contributed by atoms with E-state index in [0.29, 0.717) is 0 Å². The van der Waals surface area contributed by atoms with Crippen molar-refractivity contribution in [2.45, 2.75) is 25.9 Å². The van der Waals surface area contributed by atoms with E-state index < -0.39 is 6.57 Å². The summed E-state index contributed by atoms with van der Waals surface area (Å²) in [6, 6.07) is 72.0. The van der Waals surface area contributed by atoms with Gasteiger partial charge in [0.2, 0.25) is 0 Å². The number of anilines is 2. The first-order chi connectivity index (χ1) is 27.9. The molecule has 2 unspecified atom stereocenters. The van der Waals surface area contributed by atoms with Crippen LogP contribution in [0, 0.1) is 0 Å². The van der Waals surface area contributed by atoms with Crippen LogP contribution in [0.1, 0.15) is 13.8 Å². The van der Waals surface area contributed by atoms with Gasteiger partial charge in [-0.15, -0.1) is 0 Å². The summed E-state index contributed by atoms with van der Waals surface area (Å²) in [5.74, 6) is 0. The van der Waals surface area contributed by atoms with Crippen molar-refractivity contribution in [3.8, 4) is 66.8 Å². The molecule has 57 heavy (non-hydrogen) atoms. The molecule has 1 N–H and O–H groups in total. The van der Waals surface area contributed by atoms with Crippen molar-refractivity contribution in [1.82, 2.24) is 0 Å². The summed E-state index contributed by atoms with van der Waals surface area (Å²) in [7, 11) is 0. The summed E-state index contributed by atoms with van der Waals surface area (Å²) in [5, 5.41) is 0. The number of nitrogens with zero attached hydrogens (tertiary/aromatic N) is 2. The Morgan fingerprint density at radius 2 is 0.561 bits per heavy atom. The van der Waals surface area contributed by atoms with Gasteiger partial charge in [-0.25, -0.2) is 0 Å². The maximum absolute atomic E-state index is 13.6. The molecule has 0 aliphatic carbocycles. The van der Waals surface area contributed by atoms with E-state index in [1.165, 1.54) is 0 Å². The molecule has 0 aromatic heterocycles. The van der Waals surface area contributed by atoms with E-state index in [1.54, 1.807) is 0 Å². The molecule has 1 aliphatic heterocycles. The van der Waals surface area contributed by atoms with Gasteiger partial charge in [0, 0.05) is 22.3 Å². The zero-order chi connectivity index (χ0) is 38.9. The third-order valence-electron chi connectivity index (χ3n) is 11.3. The van der Waals surface area contributed by atoms with E-state index in [4.69, 9.17) is 11.8 Å². The number of hydrogen-bond donors (Lipinski definition) is 1. The van der Waals surface area contributed by atoms with Crippen molar-refractivity contribution in [1.29, 1.82) is 0 Å². The van der Waals surface area contributed by atoms with Gasteiger partial charge < -0.3 is 14.2 Å². The molecule has 1 saturated heterocycles. The molecule has 0 saturated carbocycles. The highest BCUT2D eigenvalue weighted by molar-refractivity contribution is 8.13. The molecule has 1 aliphatic rings. The fourth-order valence-electron chi connectivity index (χ4n) is 8.36. The Kier molecular flexibility index (Phi) is 9.94. The minimum Gasteiger partial charge on any atom is -0.334 e. The van der Waals surface area contributed by atoms with E-state index >= 15 is 0 Å². The third-order valence-corrected chi connectivity index (χ3v) is 14.6. The minimum atomic E-state index is -3.58. The van der Waals surface area contributed by atoms with Crippen LogP contribution in [-0.2, 0) is 11.8 Å². The Hall–Kier alpha value is -6.03. The van der Waals surface area contributed by atoms with E-state index in [-0.39, 0.29) is 12.1 Å². The summed E-state index contributed by atoms with van der Waals surface area (Å²) < 4.78 is 4.42. The van der Waals surface area contributed by atoms with Crippen LogP contribution in [-0.4, -0.2) is 17.0 Å². The molecule has 9 rings (SSSR count). The van der Waals surface area contributed by atoms with Crippen molar-refractivity contribution >= 4 is 29.7 Å². The zero-order valence-electron chi connectivity index (χ0n) is 32.0. The van der Waals surface area contributed by atoms with Gasteiger partial charge in [0.05, 0.1) is 23.5 Å². The topological polar surface area (TPSA) is 26.7 Å². The molecule has 278 valence electrons. The first kappa shape index (κ1) is 36.6. The molecule has 0 amide bonds. The molecule has 0 radical (unpaired) electrons. The molecule has 2 atom stereocenters. The van der Waals surface area contributed by atoms with Crippen molar-refractivity contribution in [3.05, 3.63) is 206 Å². The van der Waals surface area contributed by atoms with Gasteiger partial charge in [0.15, 0.2) is 0 Å². The van der Waals surface area contributed by atoms with Crippen LogP contribution in [0.25, 0.3) is 66.8 Å². The van der Waals surface area contributed by atoms with E-state index in [9.17, 15) is 4.89 Å². The highest BCUT2D eigenvalue weighted by atomic mass is 32.5. The second-order valence-electron chi connectivity index (χ2n) is 14.7. The predicted molar refractivity (Wildman–Crippen MR) is 246 cm³/mol. The van der Waals surface area contributed by atoms with Gasteiger partial charge in [-0.3, -0.25) is 0 Å². The monoisotopic (exact) mass is 774 g/mol. The molecular formula is C52H43N2OPS. The molecule has 1 heterocycles. The largest absolute Gasteiger partial charge is 0.334 e. The van der Waals surface area contributed by atoms with Gasteiger partial charge >= 0.3 is 0 Å². The lowest BCUT2D eigenvalue weighted by molar-refractivity contribution is 0.619. The third kappa shape index (κ3) is 6.81. The highest BCUT2D eigenvalue weighted by Gasteiger charge is 2.50. The lowest BCUT2D eigenvalue weighted by Crippen LogP contribution is -2.33. The van der Waals surface area contributed by atoms with Crippen molar-refractivity contribution in [2.75, 3.05) is 9.34 Å². The maximum Gasteiger partial charge on any atom is 0.252 e. The second-order valence-corrected chi connectivity index (χ2v) is 18.1. The van der Waals surface area contributed by atoms with Gasteiger partial charge in [0.25, 0.3) is 6.57 Å². The predicted octanol–water partition coefficient (Wildman–Crippen LogP) is 14.0. The first-order valence-electron chi connectivity index (χ1n) is 19.5. The standard InChI is InChI=1S/C52H43N2OPS/c1-37-38(2)54(52-49(43-29-17-7-18-30-43)35-46(40-23-11-4-12-24-40)36-50(52)44-31-19-8-20-32-44)56(55,57)53(37)51-47(41-25-13-5-14-26-41)33-45(39-21-9-3-10-22-39)34-48(51)42-27-15-6-16-28-42/h3-38H,1-2H3,(H,55,57). The average molecular weight is 775 g/mol. The number of benzene rings is 8. The Labute approximate surface area is 341 Å². The smallest absolute Gasteiger partial charge is 0.252 e.